The van der Waals surface area contributed by atoms with Crippen LogP contribution in [0.3, 0.4) is 0 Å². The van der Waals surface area contributed by atoms with Crippen molar-refractivity contribution >= 4 is 5.91 Å². The quantitative estimate of drug-likeness (QED) is 0.773. The average Bonchev–Trinajstić information content (AvgIpc) is 2.17. The predicted octanol–water partition coefficient (Wildman–Crippen LogP) is 1.74. The van der Waals surface area contributed by atoms with Crippen LogP contribution in [0.4, 0.5) is 17.6 Å². The molecule has 0 aromatic heterocycles. The summed E-state index contributed by atoms with van der Waals surface area (Å²) < 4.78 is 58.9. The van der Waals surface area contributed by atoms with Crippen LogP contribution in [0.1, 0.15) is 10.4 Å². The van der Waals surface area contributed by atoms with Crippen LogP contribution in [0.2, 0.25) is 0 Å². The number of rotatable bonds is 1. The first-order valence-corrected chi connectivity index (χ1v) is 4.31. The van der Waals surface area contributed by atoms with Crippen LogP contribution in [0.15, 0.2) is 18.2 Å². The summed E-state index contributed by atoms with van der Waals surface area (Å²) in [5.74, 6) is -2.56. The highest BCUT2D eigenvalue weighted by molar-refractivity contribution is 5.96. The monoisotopic (exact) mass is 251 g/mol. The highest BCUT2D eigenvalue weighted by Gasteiger charge is 2.66. The summed E-state index contributed by atoms with van der Waals surface area (Å²) in [6.45, 7) is 0. The Kier molecular flexibility index (Phi) is 2.20. The fourth-order valence-corrected chi connectivity index (χ4v) is 1.28. The Morgan fingerprint density at radius 2 is 1.71 bits per heavy atom. The first-order chi connectivity index (χ1) is 7.74. The van der Waals surface area contributed by atoms with E-state index in [4.69, 9.17) is 5.73 Å². The van der Waals surface area contributed by atoms with Gasteiger partial charge < -0.3 is 15.2 Å². The van der Waals surface area contributed by atoms with Crippen LogP contribution in [0.25, 0.3) is 0 Å². The first kappa shape index (κ1) is 11.5. The van der Waals surface area contributed by atoms with Crippen molar-refractivity contribution in [3.8, 4) is 11.5 Å². The van der Waals surface area contributed by atoms with E-state index in [9.17, 15) is 22.4 Å². The lowest BCUT2D eigenvalue weighted by Crippen LogP contribution is -2.52. The molecule has 4 nitrogen and oxygen atoms in total. The van der Waals surface area contributed by atoms with Crippen LogP contribution in [0, 0.1) is 0 Å². The van der Waals surface area contributed by atoms with Crippen molar-refractivity contribution < 1.29 is 31.8 Å². The largest absolute Gasteiger partial charge is 0.507 e. The third-order valence-electron chi connectivity index (χ3n) is 2.05. The van der Waals surface area contributed by atoms with E-state index in [0.717, 1.165) is 18.2 Å². The Bertz CT molecular complexity index is 489. The molecule has 1 aromatic rings. The number of para-hydroxylation sites is 1. The van der Waals surface area contributed by atoms with Crippen LogP contribution in [-0.4, -0.2) is 18.1 Å². The number of carbonyl (C=O) groups is 1. The highest BCUT2D eigenvalue weighted by Crippen LogP contribution is 2.47. The molecular weight excluding hydrogens is 246 g/mol. The van der Waals surface area contributed by atoms with Crippen LogP contribution in [-0.2, 0) is 0 Å². The molecule has 0 radical (unpaired) electrons. The average molecular weight is 251 g/mol. The number of amides is 1. The maximum atomic E-state index is 12.9. The molecule has 0 unspecified atom stereocenters. The van der Waals surface area contributed by atoms with E-state index in [1.807, 2.05) is 0 Å². The number of hydrogen-bond donors (Lipinski definition) is 1. The van der Waals surface area contributed by atoms with Gasteiger partial charge in [-0.2, -0.15) is 17.6 Å². The van der Waals surface area contributed by atoms with Gasteiger partial charge >= 0.3 is 12.2 Å². The Morgan fingerprint density at radius 1 is 1.12 bits per heavy atom. The van der Waals surface area contributed by atoms with Crippen LogP contribution < -0.4 is 15.2 Å². The maximum absolute atomic E-state index is 12.9. The zero-order valence-corrected chi connectivity index (χ0v) is 8.05. The van der Waals surface area contributed by atoms with Gasteiger partial charge in [0, 0.05) is 0 Å². The standard InChI is InChI=1S/C9H5F4NO3/c10-8(11)9(12,13)17-6-4(7(14)15)2-1-3-5(6)16-8/h1-3H,(H2,14,15). The fraction of sp³-hybridized carbons (Fsp3) is 0.222. The molecule has 0 saturated heterocycles. The zero-order chi connectivity index (χ0) is 12.8. The van der Waals surface area contributed by atoms with Gasteiger partial charge in [0.1, 0.15) is 0 Å². The number of carbonyl (C=O) groups excluding carboxylic acids is 1. The molecule has 0 bridgehead atoms. The fourth-order valence-electron chi connectivity index (χ4n) is 1.28. The molecule has 8 heteroatoms. The Balaban J connectivity index is 2.57. The topological polar surface area (TPSA) is 61.6 Å². The SMILES string of the molecule is NC(=O)c1cccc2c1OC(F)(F)C(F)(F)O2. The van der Waals surface area contributed by atoms with Gasteiger partial charge in [-0.1, -0.05) is 6.07 Å². The summed E-state index contributed by atoms with van der Waals surface area (Å²) in [4.78, 5) is 10.9. The minimum Gasteiger partial charge on any atom is -0.421 e. The van der Waals surface area contributed by atoms with Crippen molar-refractivity contribution in [1.82, 2.24) is 0 Å². The molecule has 92 valence electrons. The number of nitrogens with two attached hydrogens (primary N) is 1. The second-order valence-electron chi connectivity index (χ2n) is 3.23. The van der Waals surface area contributed by atoms with Crippen molar-refractivity contribution in [2.45, 2.75) is 12.2 Å². The van der Waals surface area contributed by atoms with Gasteiger partial charge in [-0.25, -0.2) is 0 Å². The smallest absolute Gasteiger partial charge is 0.421 e. The number of halogens is 4. The zero-order valence-electron chi connectivity index (χ0n) is 8.05. The van der Waals surface area contributed by atoms with Crippen LogP contribution >= 0.6 is 0 Å². The van der Waals surface area contributed by atoms with E-state index in [1.54, 1.807) is 0 Å². The van der Waals surface area contributed by atoms with E-state index in [0.29, 0.717) is 0 Å². The van der Waals surface area contributed by atoms with Gasteiger partial charge in [0.2, 0.25) is 0 Å². The molecule has 1 aliphatic rings. The third kappa shape index (κ3) is 1.65. The molecule has 17 heavy (non-hydrogen) atoms. The van der Waals surface area contributed by atoms with Crippen molar-refractivity contribution in [2.75, 3.05) is 0 Å². The normalized spacial score (nSPS) is 19.8. The minimum atomic E-state index is -4.87. The number of ether oxygens (including phenoxy) is 2. The molecule has 1 heterocycles. The molecule has 2 rings (SSSR count). The summed E-state index contributed by atoms with van der Waals surface area (Å²) in [5.41, 5.74) is 4.43. The molecule has 0 fully saturated rings. The molecule has 1 aliphatic heterocycles. The lowest BCUT2D eigenvalue weighted by molar-refractivity contribution is -0.391. The van der Waals surface area contributed by atoms with E-state index in [-0.39, 0.29) is 0 Å². The highest BCUT2D eigenvalue weighted by atomic mass is 19.3. The molecular formula is C9H5F4NO3. The summed E-state index contributed by atoms with van der Waals surface area (Å²) in [6, 6.07) is 3.18. The van der Waals surface area contributed by atoms with E-state index >= 15 is 0 Å². The molecule has 0 atom stereocenters. The molecule has 0 saturated carbocycles. The van der Waals surface area contributed by atoms with E-state index in [2.05, 4.69) is 9.47 Å². The Morgan fingerprint density at radius 3 is 2.29 bits per heavy atom. The number of benzene rings is 1. The number of hydrogen-bond acceptors (Lipinski definition) is 3. The molecule has 0 aliphatic carbocycles. The van der Waals surface area contributed by atoms with Gasteiger partial charge in [-0.05, 0) is 12.1 Å². The summed E-state index contributed by atoms with van der Waals surface area (Å²) in [7, 11) is 0. The van der Waals surface area contributed by atoms with Gasteiger partial charge in [0.05, 0.1) is 5.56 Å². The summed E-state index contributed by atoms with van der Waals surface area (Å²) in [6.07, 6.45) is -9.68. The van der Waals surface area contributed by atoms with Gasteiger partial charge in [0.15, 0.2) is 11.5 Å². The van der Waals surface area contributed by atoms with Crippen molar-refractivity contribution in [3.63, 3.8) is 0 Å². The minimum absolute atomic E-state index is 0.460. The molecule has 1 amide bonds. The number of primary amides is 1. The van der Waals surface area contributed by atoms with Crippen molar-refractivity contribution in [1.29, 1.82) is 0 Å². The third-order valence-corrected chi connectivity index (χ3v) is 2.05. The Labute approximate surface area is 91.9 Å². The van der Waals surface area contributed by atoms with Crippen LogP contribution in [0.5, 0.6) is 11.5 Å². The maximum Gasteiger partial charge on any atom is 0.507 e. The van der Waals surface area contributed by atoms with Crippen molar-refractivity contribution in [3.05, 3.63) is 23.8 Å². The van der Waals surface area contributed by atoms with Gasteiger partial charge in [0.25, 0.3) is 5.91 Å². The second-order valence-corrected chi connectivity index (χ2v) is 3.23. The lowest BCUT2D eigenvalue weighted by atomic mass is 10.1. The van der Waals surface area contributed by atoms with E-state index < -0.39 is 35.2 Å². The second kappa shape index (κ2) is 3.25. The first-order valence-electron chi connectivity index (χ1n) is 4.31. The molecule has 0 spiro atoms. The molecule has 2 N–H and O–H groups in total. The predicted molar refractivity (Wildman–Crippen MR) is 46.1 cm³/mol. The number of fused-ring (bicyclic) bond motifs is 1. The Hall–Kier alpha value is -1.99. The van der Waals surface area contributed by atoms with Crippen molar-refractivity contribution in [2.24, 2.45) is 5.73 Å². The lowest BCUT2D eigenvalue weighted by Gasteiger charge is -2.32. The summed E-state index contributed by atoms with van der Waals surface area (Å²) in [5, 5.41) is 0. The molecule has 1 aromatic carbocycles. The van der Waals surface area contributed by atoms with Gasteiger partial charge in [-0.3, -0.25) is 4.79 Å². The number of alkyl halides is 4. The summed E-state index contributed by atoms with van der Waals surface area (Å²) >= 11 is 0. The van der Waals surface area contributed by atoms with Gasteiger partial charge in [-0.15, -0.1) is 0 Å². The van der Waals surface area contributed by atoms with E-state index in [1.165, 1.54) is 0 Å².